The Morgan fingerprint density at radius 1 is 1.37 bits per heavy atom. The first-order chi connectivity index (χ1) is 12.9. The summed E-state index contributed by atoms with van der Waals surface area (Å²) < 4.78 is 22.3. The minimum Gasteiger partial charge on any atom is -0.492 e. The van der Waals surface area contributed by atoms with Crippen molar-refractivity contribution in [1.82, 2.24) is 9.88 Å². The summed E-state index contributed by atoms with van der Waals surface area (Å²) in [6.45, 7) is 3.90. The van der Waals surface area contributed by atoms with E-state index in [2.05, 4.69) is 5.32 Å². The summed E-state index contributed by atoms with van der Waals surface area (Å²) in [6, 6.07) is 2.45. The van der Waals surface area contributed by atoms with Gasteiger partial charge in [0.25, 0.3) is 0 Å². The molecule has 1 saturated carbocycles. The lowest BCUT2D eigenvalue weighted by atomic mass is 10.1. The Morgan fingerprint density at radius 3 is 2.70 bits per heavy atom. The number of carboxylic acids is 1. The fourth-order valence-corrected chi connectivity index (χ4v) is 3.93. The summed E-state index contributed by atoms with van der Waals surface area (Å²) in [6.07, 6.45) is 1.64. The Bertz CT molecular complexity index is 983. The van der Waals surface area contributed by atoms with Crippen LogP contribution in [0.5, 0.6) is 5.75 Å². The number of methoxy groups -OCH3 is 1. The van der Waals surface area contributed by atoms with Gasteiger partial charge in [-0.15, -0.1) is 0 Å². The molecule has 7 nitrogen and oxygen atoms in total. The molecule has 0 radical (unpaired) electrons. The largest absolute Gasteiger partial charge is 0.492 e. The molecule has 8 heteroatoms. The highest BCUT2D eigenvalue weighted by Crippen LogP contribution is 2.44. The van der Waals surface area contributed by atoms with Crippen LogP contribution >= 0.6 is 0 Å². The number of rotatable bonds is 4. The Labute approximate surface area is 155 Å². The maximum Gasteiger partial charge on any atom is 0.352 e. The lowest BCUT2D eigenvalue weighted by molar-refractivity contribution is 0.0684. The third-order valence-corrected chi connectivity index (χ3v) is 5.24. The second-order valence-electron chi connectivity index (χ2n) is 7.24. The average Bonchev–Trinajstić information content (AvgIpc) is 3.45. The van der Waals surface area contributed by atoms with E-state index in [0.29, 0.717) is 25.2 Å². The van der Waals surface area contributed by atoms with Crippen LogP contribution in [-0.4, -0.2) is 48.4 Å². The summed E-state index contributed by atoms with van der Waals surface area (Å²) in [5.41, 5.74) is 0.0541. The van der Waals surface area contributed by atoms with Crippen molar-refractivity contribution >= 4 is 22.6 Å². The van der Waals surface area contributed by atoms with Crippen molar-refractivity contribution in [2.75, 3.05) is 31.6 Å². The smallest absolute Gasteiger partial charge is 0.352 e. The van der Waals surface area contributed by atoms with Crippen molar-refractivity contribution in [3.63, 3.8) is 0 Å². The van der Waals surface area contributed by atoms with Crippen LogP contribution < -0.4 is 20.4 Å². The summed E-state index contributed by atoms with van der Waals surface area (Å²) in [5, 5.41) is 13.1. The number of benzene rings is 1. The van der Waals surface area contributed by atoms with Crippen LogP contribution in [0.25, 0.3) is 10.9 Å². The van der Waals surface area contributed by atoms with Gasteiger partial charge in [-0.05, 0) is 25.8 Å². The number of pyridine rings is 1. The first-order valence-electron chi connectivity index (χ1n) is 9.09. The summed E-state index contributed by atoms with van der Waals surface area (Å²) in [4.78, 5) is 26.2. The Balaban J connectivity index is 2.06. The Morgan fingerprint density at radius 2 is 2.11 bits per heavy atom. The fourth-order valence-electron chi connectivity index (χ4n) is 3.93. The van der Waals surface area contributed by atoms with Crippen molar-refractivity contribution in [1.29, 1.82) is 0 Å². The number of anilines is 1. The van der Waals surface area contributed by atoms with E-state index < -0.39 is 17.2 Å². The molecule has 1 aromatic heterocycles. The number of ether oxygens (including phenoxy) is 1. The topological polar surface area (TPSA) is 83.8 Å². The van der Waals surface area contributed by atoms with Crippen molar-refractivity contribution in [3.05, 3.63) is 33.9 Å². The monoisotopic (exact) mass is 375 g/mol. The quantitative estimate of drug-likeness (QED) is 0.850. The maximum atomic E-state index is 15.1. The zero-order chi connectivity index (χ0) is 19.3. The highest BCUT2D eigenvalue weighted by molar-refractivity contribution is 5.96. The van der Waals surface area contributed by atoms with Crippen molar-refractivity contribution in [2.24, 2.45) is 0 Å². The first-order valence-corrected chi connectivity index (χ1v) is 9.09. The summed E-state index contributed by atoms with van der Waals surface area (Å²) >= 11 is 0. The van der Waals surface area contributed by atoms with Crippen LogP contribution in [0.15, 0.2) is 16.9 Å². The minimum absolute atomic E-state index is 0.0200. The van der Waals surface area contributed by atoms with Gasteiger partial charge >= 0.3 is 5.97 Å². The van der Waals surface area contributed by atoms with Crippen molar-refractivity contribution in [3.8, 4) is 5.75 Å². The molecule has 2 N–H and O–H groups in total. The van der Waals surface area contributed by atoms with Gasteiger partial charge in [-0.1, -0.05) is 0 Å². The number of nitrogens with one attached hydrogen (secondary N) is 1. The zero-order valence-corrected chi connectivity index (χ0v) is 15.3. The van der Waals surface area contributed by atoms with E-state index in [0.717, 1.165) is 18.9 Å². The zero-order valence-electron chi connectivity index (χ0n) is 15.3. The molecule has 144 valence electrons. The van der Waals surface area contributed by atoms with Crippen molar-refractivity contribution < 1.29 is 19.0 Å². The highest BCUT2D eigenvalue weighted by Gasteiger charge is 2.33. The van der Waals surface area contributed by atoms with Gasteiger partial charge < -0.3 is 24.6 Å². The van der Waals surface area contributed by atoms with Gasteiger partial charge in [0, 0.05) is 37.8 Å². The number of aromatic nitrogens is 1. The van der Waals surface area contributed by atoms with Gasteiger partial charge in [-0.3, -0.25) is 4.79 Å². The third-order valence-electron chi connectivity index (χ3n) is 5.24. The minimum atomic E-state index is -1.18. The predicted octanol–water partition coefficient (Wildman–Crippen LogP) is 1.98. The molecule has 27 heavy (non-hydrogen) atoms. The molecule has 2 aromatic rings. The van der Waals surface area contributed by atoms with Gasteiger partial charge in [0.1, 0.15) is 11.4 Å². The number of carboxylic acid groups (broad SMARTS) is 1. The van der Waals surface area contributed by atoms with E-state index >= 15 is 4.39 Å². The third kappa shape index (κ3) is 2.93. The molecule has 1 aliphatic carbocycles. The molecule has 1 aromatic carbocycles. The van der Waals surface area contributed by atoms with E-state index in [1.165, 1.54) is 13.2 Å². The molecular formula is C19H22FN3O4. The van der Waals surface area contributed by atoms with E-state index in [1.807, 2.05) is 11.8 Å². The van der Waals surface area contributed by atoms with Crippen LogP contribution in [-0.2, 0) is 0 Å². The molecule has 2 heterocycles. The van der Waals surface area contributed by atoms with E-state index in [4.69, 9.17) is 4.74 Å². The molecule has 0 bridgehead atoms. The number of nitrogens with zero attached hydrogens (tertiary/aromatic N) is 2. The average molecular weight is 375 g/mol. The van der Waals surface area contributed by atoms with E-state index in [9.17, 15) is 14.7 Å². The van der Waals surface area contributed by atoms with Crippen LogP contribution in [0.3, 0.4) is 0 Å². The number of carbonyl (C=O) groups is 1. The normalized spacial score (nSPS) is 20.1. The number of hydrogen-bond donors (Lipinski definition) is 2. The summed E-state index contributed by atoms with van der Waals surface area (Å²) in [5.74, 6) is -1.48. The molecule has 1 aliphatic heterocycles. The summed E-state index contributed by atoms with van der Waals surface area (Å²) in [7, 11) is 1.43. The highest BCUT2D eigenvalue weighted by atomic mass is 19.1. The van der Waals surface area contributed by atoms with Crippen molar-refractivity contribution in [2.45, 2.75) is 31.8 Å². The predicted molar refractivity (Wildman–Crippen MR) is 99.6 cm³/mol. The number of fused-ring (bicyclic) bond motifs is 1. The SMILES string of the molecule is COc1c(N2CCNC(C)C2)c(F)cc2c(=O)cc(C(=O)O)n(C3CC3)c12. The molecule has 4 rings (SSSR count). The van der Waals surface area contributed by atoms with Gasteiger partial charge in [0.15, 0.2) is 17.0 Å². The van der Waals surface area contributed by atoms with Gasteiger partial charge in [-0.2, -0.15) is 0 Å². The molecule has 1 unspecified atom stereocenters. The standard InChI is InChI=1S/C19H22FN3O4/c1-10-9-22(6-5-21-10)17-13(20)7-12-15(24)8-14(19(25)26)23(11-3-4-11)16(12)18(17)27-2/h7-8,10-11,21H,3-6,9H2,1-2H3,(H,25,26). The molecule has 0 spiro atoms. The van der Waals surface area contributed by atoms with E-state index in [-0.39, 0.29) is 34.6 Å². The fraction of sp³-hybridized carbons (Fsp3) is 0.474. The van der Waals surface area contributed by atoms with Crippen LogP contribution in [0.4, 0.5) is 10.1 Å². The van der Waals surface area contributed by atoms with Gasteiger partial charge in [-0.25, -0.2) is 9.18 Å². The van der Waals surface area contributed by atoms with Gasteiger partial charge in [0.05, 0.1) is 18.0 Å². The maximum absolute atomic E-state index is 15.1. The Hall–Kier alpha value is -2.61. The number of halogens is 1. The molecule has 2 fully saturated rings. The molecule has 0 amide bonds. The Kier molecular flexibility index (Phi) is 4.30. The molecule has 1 atom stereocenters. The molecule has 1 saturated heterocycles. The molecular weight excluding hydrogens is 353 g/mol. The molecule has 2 aliphatic rings. The van der Waals surface area contributed by atoms with Crippen LogP contribution in [0.2, 0.25) is 0 Å². The van der Waals surface area contributed by atoms with Crippen LogP contribution in [0, 0.1) is 5.82 Å². The number of piperazine rings is 1. The van der Waals surface area contributed by atoms with Crippen LogP contribution in [0.1, 0.15) is 36.3 Å². The lowest BCUT2D eigenvalue weighted by Gasteiger charge is -2.35. The van der Waals surface area contributed by atoms with Gasteiger partial charge in [0.2, 0.25) is 0 Å². The first kappa shape index (κ1) is 17.8. The number of aromatic carboxylic acids is 1. The second kappa shape index (κ2) is 6.53. The van der Waals surface area contributed by atoms with E-state index in [1.54, 1.807) is 4.57 Å². The second-order valence-corrected chi connectivity index (χ2v) is 7.24. The lowest BCUT2D eigenvalue weighted by Crippen LogP contribution is -2.49. The number of hydrogen-bond acceptors (Lipinski definition) is 5.